The van der Waals surface area contributed by atoms with Gasteiger partial charge in [0, 0.05) is 6.92 Å². The third-order valence-corrected chi connectivity index (χ3v) is 3.69. The summed E-state index contributed by atoms with van der Waals surface area (Å²) in [6.07, 6.45) is 0. The molecule has 86 valence electrons. The Kier molecular flexibility index (Phi) is 2.18. The third kappa shape index (κ3) is 1.37. The van der Waals surface area contributed by atoms with Crippen LogP contribution in [0.3, 0.4) is 0 Å². The lowest BCUT2D eigenvalue weighted by atomic mass is 10.1. The van der Waals surface area contributed by atoms with Crippen LogP contribution in [0.5, 0.6) is 0 Å². The number of benzene rings is 2. The normalized spacial score (nSPS) is 11.5. The van der Waals surface area contributed by atoms with Crippen molar-refractivity contribution in [2.45, 2.75) is 20.4 Å². The number of imidazole rings is 1. The van der Waals surface area contributed by atoms with Crippen molar-refractivity contribution in [2.75, 3.05) is 0 Å². The van der Waals surface area contributed by atoms with Gasteiger partial charge < -0.3 is 0 Å². The zero-order chi connectivity index (χ0) is 12.0. The Morgan fingerprint density at radius 3 is 2.41 bits per heavy atom. The number of rotatable bonds is 1. The average Bonchev–Trinajstić information content (AvgIpc) is 2.59. The summed E-state index contributed by atoms with van der Waals surface area (Å²) >= 11 is 0. The van der Waals surface area contributed by atoms with E-state index in [9.17, 15) is 0 Å². The molecule has 0 amide bonds. The Balaban J connectivity index is 2.51. The highest BCUT2D eigenvalue weighted by molar-refractivity contribution is 5.94. The number of nitrogens with zero attached hydrogens (tertiary/aromatic N) is 2. The molecule has 0 bridgehead atoms. The summed E-state index contributed by atoms with van der Waals surface area (Å²) in [5, 5.41) is 2.62. The predicted molar refractivity (Wildman–Crippen MR) is 71.0 cm³/mol. The number of hydrogen-bond donors (Lipinski definition) is 0. The molecule has 3 rings (SSSR count). The van der Waals surface area contributed by atoms with E-state index in [0.717, 1.165) is 6.54 Å². The zero-order valence-electron chi connectivity index (χ0n) is 10.6. The first kappa shape index (κ1) is 10.3. The molecule has 2 nitrogen and oxygen atoms in total. The molecule has 17 heavy (non-hydrogen) atoms. The number of aromatic nitrogens is 2. The van der Waals surface area contributed by atoms with E-state index < -0.39 is 0 Å². The molecule has 0 saturated carbocycles. The molecule has 0 unspecified atom stereocenters. The van der Waals surface area contributed by atoms with E-state index in [4.69, 9.17) is 0 Å². The molecule has 0 fully saturated rings. The molecule has 0 radical (unpaired) electrons. The van der Waals surface area contributed by atoms with Crippen molar-refractivity contribution in [1.82, 2.24) is 4.57 Å². The van der Waals surface area contributed by atoms with Crippen LogP contribution in [-0.4, -0.2) is 4.57 Å². The molecular formula is C15H17N2+. The van der Waals surface area contributed by atoms with Crippen LogP contribution >= 0.6 is 0 Å². The van der Waals surface area contributed by atoms with Crippen molar-refractivity contribution in [3.8, 4) is 0 Å². The lowest BCUT2D eigenvalue weighted by Crippen LogP contribution is -2.30. The average molecular weight is 225 g/mol. The lowest BCUT2D eigenvalue weighted by molar-refractivity contribution is -0.652. The summed E-state index contributed by atoms with van der Waals surface area (Å²) in [6.45, 7) is 5.39. The fourth-order valence-electron chi connectivity index (χ4n) is 2.63. The highest BCUT2D eigenvalue weighted by Crippen LogP contribution is 2.22. The van der Waals surface area contributed by atoms with Crippen LogP contribution in [-0.2, 0) is 13.6 Å². The summed E-state index contributed by atoms with van der Waals surface area (Å²) in [5.41, 5.74) is 2.63. The maximum Gasteiger partial charge on any atom is 0.253 e. The van der Waals surface area contributed by atoms with Crippen molar-refractivity contribution >= 4 is 21.8 Å². The monoisotopic (exact) mass is 225 g/mol. The first-order valence-corrected chi connectivity index (χ1v) is 6.10. The van der Waals surface area contributed by atoms with Gasteiger partial charge in [-0.1, -0.05) is 24.3 Å². The third-order valence-electron chi connectivity index (χ3n) is 3.69. The van der Waals surface area contributed by atoms with Crippen molar-refractivity contribution in [3.63, 3.8) is 0 Å². The van der Waals surface area contributed by atoms with Crippen LogP contribution in [0.25, 0.3) is 21.8 Å². The largest absolute Gasteiger partial charge is 0.253 e. The summed E-state index contributed by atoms with van der Waals surface area (Å²) in [7, 11) is 2.14. The molecule has 0 atom stereocenters. The standard InChI is InChI=1S/C15H17N2/c1-4-17-11(2)16(3)14-9-12-7-5-6-8-13(12)10-15(14)17/h5-10H,4H2,1-3H3/q+1. The fourth-order valence-corrected chi connectivity index (χ4v) is 2.63. The van der Waals surface area contributed by atoms with E-state index >= 15 is 0 Å². The topological polar surface area (TPSA) is 8.81 Å². The van der Waals surface area contributed by atoms with Gasteiger partial charge in [-0.05, 0) is 29.8 Å². The summed E-state index contributed by atoms with van der Waals surface area (Å²) in [5.74, 6) is 1.30. The second kappa shape index (κ2) is 3.59. The minimum Gasteiger partial charge on any atom is -0.230 e. The second-order valence-corrected chi connectivity index (χ2v) is 4.54. The minimum atomic E-state index is 1.02. The molecule has 3 aromatic rings. The van der Waals surface area contributed by atoms with Crippen molar-refractivity contribution in [2.24, 2.45) is 7.05 Å². The molecule has 0 spiro atoms. The van der Waals surface area contributed by atoms with Gasteiger partial charge in [-0.15, -0.1) is 0 Å². The van der Waals surface area contributed by atoms with Gasteiger partial charge in [0.25, 0.3) is 5.82 Å². The molecule has 2 aromatic carbocycles. The Hall–Kier alpha value is -1.83. The number of hydrogen-bond acceptors (Lipinski definition) is 0. The Morgan fingerprint density at radius 2 is 1.76 bits per heavy atom. The highest BCUT2D eigenvalue weighted by Gasteiger charge is 2.17. The van der Waals surface area contributed by atoms with Gasteiger partial charge in [0.15, 0.2) is 11.0 Å². The molecule has 1 aromatic heterocycles. The maximum absolute atomic E-state index is 2.36. The molecular weight excluding hydrogens is 208 g/mol. The molecule has 1 heterocycles. The van der Waals surface area contributed by atoms with Gasteiger partial charge in [0.1, 0.15) is 0 Å². The summed E-state index contributed by atoms with van der Waals surface area (Å²) in [6, 6.07) is 13.1. The first-order chi connectivity index (χ1) is 8.22. The van der Waals surface area contributed by atoms with E-state index in [2.05, 4.69) is 66.4 Å². The van der Waals surface area contributed by atoms with Gasteiger partial charge in [0.2, 0.25) is 0 Å². The molecule has 0 aliphatic carbocycles. The van der Waals surface area contributed by atoms with Crippen molar-refractivity contribution < 1.29 is 4.57 Å². The van der Waals surface area contributed by atoms with Crippen LogP contribution in [0, 0.1) is 6.92 Å². The maximum atomic E-state index is 2.36. The zero-order valence-corrected chi connectivity index (χ0v) is 10.6. The van der Waals surface area contributed by atoms with Crippen LogP contribution < -0.4 is 4.57 Å². The van der Waals surface area contributed by atoms with E-state index in [1.54, 1.807) is 0 Å². The van der Waals surface area contributed by atoms with Crippen LogP contribution in [0.1, 0.15) is 12.7 Å². The van der Waals surface area contributed by atoms with Crippen LogP contribution in [0.2, 0.25) is 0 Å². The van der Waals surface area contributed by atoms with Gasteiger partial charge >= 0.3 is 0 Å². The van der Waals surface area contributed by atoms with Crippen molar-refractivity contribution in [3.05, 3.63) is 42.2 Å². The summed E-state index contributed by atoms with van der Waals surface area (Å²) in [4.78, 5) is 0. The SMILES string of the molecule is CCn1c(C)[n+](C)c2cc3ccccc3cc21. The van der Waals surface area contributed by atoms with Gasteiger partial charge in [0.05, 0.1) is 13.6 Å². The van der Waals surface area contributed by atoms with E-state index in [1.165, 1.54) is 27.6 Å². The molecule has 0 N–H and O–H groups in total. The number of aryl methyl sites for hydroxylation is 2. The predicted octanol–water partition coefficient (Wildman–Crippen LogP) is 2.95. The Morgan fingerprint density at radius 1 is 1.12 bits per heavy atom. The number of fused-ring (bicyclic) bond motifs is 2. The molecule has 0 aliphatic heterocycles. The second-order valence-electron chi connectivity index (χ2n) is 4.54. The highest BCUT2D eigenvalue weighted by atomic mass is 15.1. The first-order valence-electron chi connectivity index (χ1n) is 6.10. The summed E-state index contributed by atoms with van der Waals surface area (Å²) < 4.78 is 4.63. The van der Waals surface area contributed by atoms with Crippen LogP contribution in [0.4, 0.5) is 0 Å². The Bertz CT molecular complexity index is 708. The lowest BCUT2D eigenvalue weighted by Gasteiger charge is -1.97. The smallest absolute Gasteiger partial charge is 0.230 e. The van der Waals surface area contributed by atoms with Gasteiger partial charge in [-0.3, -0.25) is 0 Å². The van der Waals surface area contributed by atoms with Crippen LogP contribution in [0.15, 0.2) is 36.4 Å². The molecule has 0 saturated heterocycles. The van der Waals surface area contributed by atoms with Crippen molar-refractivity contribution in [1.29, 1.82) is 0 Å². The van der Waals surface area contributed by atoms with E-state index in [0.29, 0.717) is 0 Å². The van der Waals surface area contributed by atoms with Gasteiger partial charge in [-0.2, -0.15) is 0 Å². The molecule has 2 heteroatoms. The molecule has 0 aliphatic rings. The Labute approximate surface area is 101 Å². The van der Waals surface area contributed by atoms with E-state index in [-0.39, 0.29) is 0 Å². The van der Waals surface area contributed by atoms with Gasteiger partial charge in [-0.25, -0.2) is 9.13 Å². The van der Waals surface area contributed by atoms with E-state index in [1.807, 2.05) is 0 Å². The quantitative estimate of drug-likeness (QED) is 0.563. The fraction of sp³-hybridized carbons (Fsp3) is 0.267. The minimum absolute atomic E-state index is 1.02.